The Balaban J connectivity index is 1.70. The van der Waals surface area contributed by atoms with E-state index < -0.39 is 0 Å². The molecule has 0 radical (unpaired) electrons. The molecule has 0 aliphatic rings. The summed E-state index contributed by atoms with van der Waals surface area (Å²) in [6.07, 6.45) is 2.98. The third-order valence-electron chi connectivity index (χ3n) is 3.65. The number of carbonyl (C=O) groups is 1. The summed E-state index contributed by atoms with van der Waals surface area (Å²) in [4.78, 5) is 28.3. The molecule has 7 nitrogen and oxygen atoms in total. The minimum atomic E-state index is -0.200. The first-order valence-electron chi connectivity index (χ1n) is 8.44. The summed E-state index contributed by atoms with van der Waals surface area (Å²) in [5, 5.41) is 7.94. The second-order valence-corrected chi connectivity index (χ2v) is 6.91. The molecule has 0 fully saturated rings. The summed E-state index contributed by atoms with van der Waals surface area (Å²) in [7, 11) is 0. The highest BCUT2D eigenvalue weighted by Crippen LogP contribution is 2.18. The van der Waals surface area contributed by atoms with E-state index in [0.717, 1.165) is 24.3 Å². The Morgan fingerprint density at radius 2 is 2.08 bits per heavy atom. The van der Waals surface area contributed by atoms with Crippen molar-refractivity contribution in [3.05, 3.63) is 51.4 Å². The third-order valence-corrected chi connectivity index (χ3v) is 4.61. The number of carbonyl (C=O) groups excluding carboxylic acids is 1. The van der Waals surface area contributed by atoms with E-state index in [1.54, 1.807) is 24.3 Å². The second-order valence-electron chi connectivity index (χ2n) is 5.87. The maximum Gasteiger partial charge on any atom is 0.275 e. The molecule has 0 spiro atoms. The topological polar surface area (TPSA) is 85.6 Å². The Morgan fingerprint density at radius 3 is 2.77 bits per heavy atom. The van der Waals surface area contributed by atoms with Gasteiger partial charge in [-0.15, -0.1) is 0 Å². The average Bonchev–Trinajstić information content (AvgIpc) is 3.02. The molecular formula is C18H20N4O3S. The zero-order chi connectivity index (χ0) is 18.5. The monoisotopic (exact) mass is 372 g/mol. The van der Waals surface area contributed by atoms with Crippen molar-refractivity contribution in [2.45, 2.75) is 39.7 Å². The van der Waals surface area contributed by atoms with Gasteiger partial charge in [-0.25, -0.2) is 4.98 Å². The maximum atomic E-state index is 12.2. The van der Waals surface area contributed by atoms with Crippen LogP contribution in [0, 0.1) is 0 Å². The summed E-state index contributed by atoms with van der Waals surface area (Å²) in [5.41, 5.74) is 1.06. The lowest BCUT2D eigenvalue weighted by atomic mass is 10.3. The van der Waals surface area contributed by atoms with E-state index in [9.17, 15) is 9.59 Å². The van der Waals surface area contributed by atoms with E-state index in [2.05, 4.69) is 22.3 Å². The fourth-order valence-corrected chi connectivity index (χ4v) is 3.35. The van der Waals surface area contributed by atoms with Crippen molar-refractivity contribution in [2.75, 3.05) is 5.32 Å². The Bertz CT molecular complexity index is 963. The normalized spacial score (nSPS) is 10.8. The van der Waals surface area contributed by atoms with Crippen LogP contribution in [-0.2, 0) is 17.8 Å². The highest BCUT2D eigenvalue weighted by molar-refractivity contribution is 7.16. The van der Waals surface area contributed by atoms with Gasteiger partial charge in [-0.3, -0.25) is 9.59 Å². The van der Waals surface area contributed by atoms with Crippen LogP contribution in [0.4, 0.5) is 5.69 Å². The molecule has 0 aliphatic carbocycles. The van der Waals surface area contributed by atoms with Gasteiger partial charge in [0.15, 0.2) is 0 Å². The molecule has 8 heteroatoms. The van der Waals surface area contributed by atoms with Crippen molar-refractivity contribution >= 4 is 27.9 Å². The number of rotatable bonds is 7. The van der Waals surface area contributed by atoms with Crippen LogP contribution < -0.4 is 15.6 Å². The fraction of sp³-hybridized carbons (Fsp3) is 0.333. The summed E-state index contributed by atoms with van der Waals surface area (Å²) >= 11 is 1.44. The van der Waals surface area contributed by atoms with Gasteiger partial charge in [0.1, 0.15) is 17.4 Å². The number of hydrogen-bond acceptors (Lipinski definition) is 6. The lowest BCUT2D eigenvalue weighted by Crippen LogP contribution is -2.16. The molecule has 1 N–H and O–H groups in total. The van der Waals surface area contributed by atoms with Gasteiger partial charge in [0, 0.05) is 25.1 Å². The zero-order valence-corrected chi connectivity index (χ0v) is 15.5. The van der Waals surface area contributed by atoms with Gasteiger partial charge < -0.3 is 10.1 Å². The van der Waals surface area contributed by atoms with E-state index in [1.807, 2.05) is 0 Å². The minimum Gasteiger partial charge on any atom is -0.487 e. The van der Waals surface area contributed by atoms with Gasteiger partial charge in [0.25, 0.3) is 5.56 Å². The Kier molecular flexibility index (Phi) is 5.62. The minimum absolute atomic E-state index is 0.125. The van der Waals surface area contributed by atoms with Crippen LogP contribution in [0.3, 0.4) is 0 Å². The Hall–Kier alpha value is -2.74. The molecule has 136 valence electrons. The molecule has 0 aliphatic heterocycles. The molecular weight excluding hydrogens is 352 g/mol. The molecule has 0 saturated heterocycles. The summed E-state index contributed by atoms with van der Waals surface area (Å²) < 4.78 is 7.04. The van der Waals surface area contributed by atoms with Crippen LogP contribution in [0.15, 0.2) is 35.1 Å². The third kappa shape index (κ3) is 4.45. The molecule has 2 heterocycles. The van der Waals surface area contributed by atoms with Gasteiger partial charge >= 0.3 is 0 Å². The number of unbranched alkanes of at least 4 members (excludes halogenated alkanes) is 1. The van der Waals surface area contributed by atoms with Crippen molar-refractivity contribution < 1.29 is 9.53 Å². The second kappa shape index (κ2) is 8.09. The predicted octanol–water partition coefficient (Wildman–Crippen LogP) is 3.03. The molecule has 0 saturated carbocycles. The molecule has 0 unspecified atom stereocenters. The maximum absolute atomic E-state index is 12.2. The van der Waals surface area contributed by atoms with E-state index in [-0.39, 0.29) is 18.1 Å². The number of nitrogens with zero attached hydrogens (tertiary/aromatic N) is 3. The van der Waals surface area contributed by atoms with E-state index in [0.29, 0.717) is 22.1 Å². The fourth-order valence-electron chi connectivity index (χ4n) is 2.39. The standard InChI is InChI=1S/C18H20N4O3S/c1-3-4-5-16-21-22-17(24)10-14(20-18(22)26-16)11-25-15-8-6-13(7-9-15)19-12(2)23/h6-10H,3-5,11H2,1-2H3,(H,19,23). The summed E-state index contributed by atoms with van der Waals surface area (Å²) in [5.74, 6) is 0.508. The van der Waals surface area contributed by atoms with Gasteiger partial charge in [-0.2, -0.15) is 9.61 Å². The van der Waals surface area contributed by atoms with Crippen LogP contribution in [0.1, 0.15) is 37.4 Å². The van der Waals surface area contributed by atoms with Gasteiger partial charge in [0.2, 0.25) is 10.9 Å². The Morgan fingerprint density at radius 1 is 1.31 bits per heavy atom. The van der Waals surface area contributed by atoms with Crippen molar-refractivity contribution in [2.24, 2.45) is 0 Å². The molecule has 1 amide bonds. The quantitative estimate of drug-likeness (QED) is 0.689. The highest BCUT2D eigenvalue weighted by atomic mass is 32.1. The van der Waals surface area contributed by atoms with Crippen LogP contribution in [0.2, 0.25) is 0 Å². The number of fused-ring (bicyclic) bond motifs is 1. The molecule has 3 aromatic rings. The zero-order valence-electron chi connectivity index (χ0n) is 14.7. The predicted molar refractivity (Wildman–Crippen MR) is 101 cm³/mol. The largest absolute Gasteiger partial charge is 0.487 e. The van der Waals surface area contributed by atoms with Crippen molar-refractivity contribution in [1.82, 2.24) is 14.6 Å². The smallest absolute Gasteiger partial charge is 0.275 e. The number of aromatic nitrogens is 3. The highest BCUT2D eigenvalue weighted by Gasteiger charge is 2.09. The van der Waals surface area contributed by atoms with E-state index in [4.69, 9.17) is 4.74 Å². The number of anilines is 1. The van der Waals surface area contributed by atoms with E-state index >= 15 is 0 Å². The van der Waals surface area contributed by atoms with Crippen molar-refractivity contribution in [3.63, 3.8) is 0 Å². The van der Waals surface area contributed by atoms with Gasteiger partial charge in [-0.05, 0) is 30.7 Å². The molecule has 26 heavy (non-hydrogen) atoms. The average molecular weight is 372 g/mol. The SMILES string of the molecule is CCCCc1nn2c(=O)cc(COc3ccc(NC(C)=O)cc3)nc2s1. The molecule has 3 rings (SSSR count). The molecule has 0 bridgehead atoms. The lowest BCUT2D eigenvalue weighted by Gasteiger charge is -2.07. The van der Waals surface area contributed by atoms with Crippen LogP contribution in [0.25, 0.3) is 4.96 Å². The number of amides is 1. The van der Waals surface area contributed by atoms with Crippen molar-refractivity contribution in [3.8, 4) is 5.75 Å². The van der Waals surface area contributed by atoms with Gasteiger partial charge in [0.05, 0.1) is 5.69 Å². The molecule has 0 atom stereocenters. The summed E-state index contributed by atoms with van der Waals surface area (Å²) in [6, 6.07) is 8.47. The van der Waals surface area contributed by atoms with Crippen LogP contribution in [0.5, 0.6) is 5.75 Å². The van der Waals surface area contributed by atoms with Crippen LogP contribution in [-0.4, -0.2) is 20.5 Å². The first-order valence-corrected chi connectivity index (χ1v) is 9.26. The number of aryl methyl sites for hydroxylation is 1. The first kappa shape index (κ1) is 18.1. The summed E-state index contributed by atoms with van der Waals surface area (Å²) in [6.45, 7) is 3.77. The Labute approximate surface area is 154 Å². The number of benzene rings is 1. The lowest BCUT2D eigenvalue weighted by molar-refractivity contribution is -0.114. The number of nitrogens with one attached hydrogen (secondary N) is 1. The number of hydrogen-bond donors (Lipinski definition) is 1. The molecule has 1 aromatic carbocycles. The van der Waals surface area contributed by atoms with Crippen LogP contribution >= 0.6 is 11.3 Å². The van der Waals surface area contributed by atoms with Crippen molar-refractivity contribution in [1.29, 1.82) is 0 Å². The van der Waals surface area contributed by atoms with E-state index in [1.165, 1.54) is 28.8 Å². The molecule has 2 aromatic heterocycles. The van der Waals surface area contributed by atoms with Gasteiger partial charge in [-0.1, -0.05) is 24.7 Å². The first-order chi connectivity index (χ1) is 12.5. The number of ether oxygens (including phenoxy) is 1.